The van der Waals surface area contributed by atoms with Crippen molar-refractivity contribution < 1.29 is 64.5 Å². The number of hydrogen-bond acceptors (Lipinski definition) is 13. The second-order valence-corrected chi connectivity index (χ2v) is 7.88. The molecule has 0 amide bonds. The number of rotatable bonds is 5. The molecule has 3 aliphatic rings. The molecule has 3 rings (SSSR count). The third kappa shape index (κ3) is 4.23. The molecule has 0 aromatic carbocycles. The molecule has 8 N–H and O–H groups in total. The molecule has 0 aromatic heterocycles. The molecule has 3 heterocycles. The first-order valence-electron chi connectivity index (χ1n) is 9.68. The highest BCUT2D eigenvalue weighted by Crippen LogP contribution is 2.35. The Kier molecular flexibility index (Phi) is 7.36. The summed E-state index contributed by atoms with van der Waals surface area (Å²) in [7, 11) is 0. The van der Waals surface area contributed by atoms with Gasteiger partial charge in [0.25, 0.3) is 0 Å². The monoisotopic (exact) mass is 442 g/mol. The lowest BCUT2D eigenvalue weighted by molar-refractivity contribution is -0.387. The molecule has 0 bridgehead atoms. The number of hydrogen-bond donors (Lipinski definition) is 8. The molecule has 0 spiro atoms. The van der Waals surface area contributed by atoms with Gasteiger partial charge in [-0.05, 0) is 13.8 Å². The molecule has 0 aliphatic carbocycles. The molecule has 0 radical (unpaired) electrons. The third-order valence-corrected chi connectivity index (χ3v) is 5.75. The maximum Gasteiger partial charge on any atom is 0.221 e. The van der Waals surface area contributed by atoms with Crippen molar-refractivity contribution >= 4 is 0 Å². The van der Waals surface area contributed by atoms with Crippen molar-refractivity contribution in [2.75, 3.05) is 13.2 Å². The van der Waals surface area contributed by atoms with Crippen LogP contribution in [0.15, 0.2) is 0 Å². The van der Waals surface area contributed by atoms with Gasteiger partial charge in [-0.3, -0.25) is 0 Å². The van der Waals surface area contributed by atoms with E-state index in [1.54, 1.807) is 0 Å². The maximum atomic E-state index is 10.6. The lowest BCUT2D eigenvalue weighted by atomic mass is 9.97. The highest BCUT2D eigenvalue weighted by molar-refractivity contribution is 4.97. The summed E-state index contributed by atoms with van der Waals surface area (Å²) in [4.78, 5) is 0. The molecule has 3 fully saturated rings. The van der Waals surface area contributed by atoms with Crippen molar-refractivity contribution in [2.45, 2.75) is 93.3 Å². The first kappa shape index (κ1) is 24.1. The number of aliphatic hydroxyl groups excluding tert-OH is 8. The molecule has 0 saturated carbocycles. The molecule has 13 nitrogen and oxygen atoms in total. The van der Waals surface area contributed by atoms with Crippen LogP contribution in [0.1, 0.15) is 13.8 Å². The van der Waals surface area contributed by atoms with Gasteiger partial charge in [0.15, 0.2) is 12.6 Å². The second-order valence-electron chi connectivity index (χ2n) is 7.88. The Morgan fingerprint density at radius 3 is 2.03 bits per heavy atom. The van der Waals surface area contributed by atoms with E-state index in [2.05, 4.69) is 0 Å². The Morgan fingerprint density at radius 1 is 0.833 bits per heavy atom. The van der Waals surface area contributed by atoms with Gasteiger partial charge in [0.1, 0.15) is 55.4 Å². The zero-order chi connectivity index (χ0) is 22.4. The van der Waals surface area contributed by atoms with Crippen molar-refractivity contribution in [2.24, 2.45) is 0 Å². The molecule has 0 aromatic rings. The fraction of sp³-hybridized carbons (Fsp3) is 1.00. The van der Waals surface area contributed by atoms with Crippen molar-refractivity contribution in [3.63, 3.8) is 0 Å². The minimum Gasteiger partial charge on any atom is -0.391 e. The van der Waals surface area contributed by atoms with Crippen LogP contribution in [0.3, 0.4) is 0 Å². The van der Waals surface area contributed by atoms with Crippen LogP contribution in [0.4, 0.5) is 0 Å². The van der Waals surface area contributed by atoms with E-state index in [9.17, 15) is 40.9 Å². The standard InChI is InChI=1S/C17H30O13/c1-5-8(20)10(22)11(23)16(28-5)29-12-9(21)6(2)27-15(25)13(12)30-17(4-18)14(24)7(19)3-26-17/h5-16,18-25H,3-4H2,1-2H3/t5-,6-,7+,8-,9-,10+,11+,12+,13+,14-,15-,16-,17-/m0/s1. The van der Waals surface area contributed by atoms with E-state index in [-0.39, 0.29) is 6.61 Å². The maximum absolute atomic E-state index is 10.6. The zero-order valence-electron chi connectivity index (χ0n) is 16.5. The van der Waals surface area contributed by atoms with Crippen LogP contribution in [-0.4, -0.2) is 133 Å². The van der Waals surface area contributed by atoms with Crippen LogP contribution in [-0.2, 0) is 23.7 Å². The fourth-order valence-corrected chi connectivity index (χ4v) is 3.77. The second kappa shape index (κ2) is 9.15. The van der Waals surface area contributed by atoms with Gasteiger partial charge in [-0.2, -0.15) is 0 Å². The van der Waals surface area contributed by atoms with Gasteiger partial charge in [0, 0.05) is 0 Å². The van der Waals surface area contributed by atoms with Crippen molar-refractivity contribution in [1.29, 1.82) is 0 Å². The van der Waals surface area contributed by atoms with Crippen LogP contribution < -0.4 is 0 Å². The highest BCUT2D eigenvalue weighted by atomic mass is 16.8. The Labute approximate surface area is 171 Å². The van der Waals surface area contributed by atoms with Gasteiger partial charge >= 0.3 is 0 Å². The molecule has 13 heteroatoms. The molecule has 30 heavy (non-hydrogen) atoms. The van der Waals surface area contributed by atoms with E-state index in [1.165, 1.54) is 13.8 Å². The zero-order valence-corrected chi connectivity index (χ0v) is 16.5. The van der Waals surface area contributed by atoms with Crippen LogP contribution in [0.2, 0.25) is 0 Å². The average Bonchev–Trinajstić information content (AvgIpc) is 2.99. The van der Waals surface area contributed by atoms with E-state index in [4.69, 9.17) is 23.7 Å². The molecule has 176 valence electrons. The minimum atomic E-state index is -2.13. The van der Waals surface area contributed by atoms with Crippen molar-refractivity contribution in [3.8, 4) is 0 Å². The average molecular weight is 442 g/mol. The first-order chi connectivity index (χ1) is 14.0. The molecule has 0 unspecified atom stereocenters. The van der Waals surface area contributed by atoms with Gasteiger partial charge in [-0.1, -0.05) is 0 Å². The van der Waals surface area contributed by atoms with E-state index in [1.807, 2.05) is 0 Å². The minimum absolute atomic E-state index is 0.359. The summed E-state index contributed by atoms with van der Waals surface area (Å²) in [5, 5.41) is 80.6. The molecular weight excluding hydrogens is 412 g/mol. The van der Waals surface area contributed by atoms with E-state index in [0.717, 1.165) is 0 Å². The summed E-state index contributed by atoms with van der Waals surface area (Å²) in [6, 6.07) is 0. The van der Waals surface area contributed by atoms with E-state index in [0.29, 0.717) is 0 Å². The van der Waals surface area contributed by atoms with E-state index >= 15 is 0 Å². The quantitative estimate of drug-likeness (QED) is 0.201. The molecule has 13 atom stereocenters. The summed E-state index contributed by atoms with van der Waals surface area (Å²) in [5.74, 6) is -2.13. The normalized spacial score (nSPS) is 55.0. The van der Waals surface area contributed by atoms with Gasteiger partial charge in [-0.25, -0.2) is 0 Å². The molecule has 3 aliphatic heterocycles. The Bertz CT molecular complexity index is 580. The van der Waals surface area contributed by atoms with E-state index < -0.39 is 86.0 Å². The van der Waals surface area contributed by atoms with Gasteiger partial charge in [0.05, 0.1) is 18.8 Å². The number of aliphatic hydroxyl groups is 8. The Balaban J connectivity index is 1.83. The summed E-state index contributed by atoms with van der Waals surface area (Å²) in [6.45, 7) is 1.61. The van der Waals surface area contributed by atoms with Crippen LogP contribution in [0.5, 0.6) is 0 Å². The fourth-order valence-electron chi connectivity index (χ4n) is 3.77. The SMILES string of the molecule is C[C@@H]1O[C@@H](O[C@@H]2[C@@H](O)[C@H](C)O[C@H](O)[C@@H]2O[C@]2(CO)OC[C@@H](O)[C@@H]2O)[C@H](O)[C@H](O)[C@H]1O. The van der Waals surface area contributed by atoms with Gasteiger partial charge < -0.3 is 64.5 Å². The summed E-state index contributed by atoms with van der Waals surface area (Å²) >= 11 is 0. The smallest absolute Gasteiger partial charge is 0.221 e. The predicted octanol–water partition coefficient (Wildman–Crippen LogP) is -4.88. The largest absolute Gasteiger partial charge is 0.391 e. The summed E-state index contributed by atoms with van der Waals surface area (Å²) in [5.41, 5.74) is 0. The van der Waals surface area contributed by atoms with Crippen molar-refractivity contribution in [3.05, 3.63) is 0 Å². The lowest BCUT2D eigenvalue weighted by Crippen LogP contribution is -2.65. The summed E-state index contributed by atoms with van der Waals surface area (Å²) in [6.07, 6.45) is -17.3. The van der Waals surface area contributed by atoms with Crippen molar-refractivity contribution in [1.82, 2.24) is 0 Å². The molecular formula is C17H30O13. The van der Waals surface area contributed by atoms with Gasteiger partial charge in [-0.15, -0.1) is 0 Å². The predicted molar refractivity (Wildman–Crippen MR) is 92.4 cm³/mol. The summed E-state index contributed by atoms with van der Waals surface area (Å²) < 4.78 is 27.0. The van der Waals surface area contributed by atoms with Crippen LogP contribution in [0, 0.1) is 0 Å². The van der Waals surface area contributed by atoms with Crippen LogP contribution in [0.25, 0.3) is 0 Å². The Morgan fingerprint density at radius 2 is 1.47 bits per heavy atom. The first-order valence-corrected chi connectivity index (χ1v) is 9.68. The molecule has 3 saturated heterocycles. The Hall–Kier alpha value is -0.520. The third-order valence-electron chi connectivity index (χ3n) is 5.75. The lowest BCUT2D eigenvalue weighted by Gasteiger charge is -2.47. The van der Waals surface area contributed by atoms with Crippen LogP contribution >= 0.6 is 0 Å². The van der Waals surface area contributed by atoms with Gasteiger partial charge in [0.2, 0.25) is 5.79 Å². The number of ether oxygens (including phenoxy) is 5. The highest BCUT2D eigenvalue weighted by Gasteiger charge is 2.56. The topological polar surface area (TPSA) is 208 Å².